The third kappa shape index (κ3) is 1.16. The number of hydrogen-bond acceptors (Lipinski definition) is 3. The molecule has 74 valence electrons. The van der Waals surface area contributed by atoms with Crippen molar-refractivity contribution in [3.8, 4) is 0 Å². The molecule has 1 saturated carbocycles. The van der Waals surface area contributed by atoms with Crippen LogP contribution in [0.5, 0.6) is 0 Å². The third-order valence-corrected chi connectivity index (χ3v) is 3.27. The predicted octanol–water partition coefficient (Wildman–Crippen LogP) is 0.393. The Kier molecular flexibility index (Phi) is 1.85. The Morgan fingerprint density at radius 3 is 2.38 bits per heavy atom. The summed E-state index contributed by atoms with van der Waals surface area (Å²) in [7, 11) is 0. The average molecular weight is 186 g/mol. The maximum absolute atomic E-state index is 11.0. The smallest absolute Gasteiger partial charge is 0.312 e. The van der Waals surface area contributed by atoms with E-state index < -0.39 is 17.0 Å². The van der Waals surface area contributed by atoms with Gasteiger partial charge in [0.25, 0.3) is 0 Å². The first kappa shape index (κ1) is 8.97. The summed E-state index contributed by atoms with van der Waals surface area (Å²) in [4.78, 5) is 11.0. The molecule has 0 aromatic heterocycles. The first-order valence-electron chi connectivity index (χ1n) is 4.64. The first-order valence-corrected chi connectivity index (χ1v) is 4.64. The fraction of sp³-hybridized carbons (Fsp3) is 0.889. The molecule has 1 saturated heterocycles. The highest BCUT2D eigenvalue weighted by Crippen LogP contribution is 2.56. The number of rotatable bonds is 2. The largest absolute Gasteiger partial charge is 0.481 e. The molecule has 1 aliphatic carbocycles. The van der Waals surface area contributed by atoms with E-state index in [9.17, 15) is 9.90 Å². The van der Waals surface area contributed by atoms with Gasteiger partial charge in [0, 0.05) is 6.61 Å². The molecule has 2 N–H and O–H groups in total. The van der Waals surface area contributed by atoms with E-state index in [1.54, 1.807) is 0 Å². The van der Waals surface area contributed by atoms with Crippen molar-refractivity contribution < 1.29 is 19.7 Å². The molecule has 1 atom stereocenters. The van der Waals surface area contributed by atoms with E-state index in [4.69, 9.17) is 9.84 Å². The van der Waals surface area contributed by atoms with E-state index >= 15 is 0 Å². The minimum absolute atomic E-state index is 0.180. The second kappa shape index (κ2) is 2.69. The second-order valence-electron chi connectivity index (χ2n) is 4.07. The molecular formula is C9H14O4. The van der Waals surface area contributed by atoms with Crippen molar-refractivity contribution in [3.63, 3.8) is 0 Å². The molecule has 2 aliphatic rings. The zero-order chi connectivity index (χ0) is 9.53. The topological polar surface area (TPSA) is 66.8 Å². The standard InChI is InChI=1S/C9H14O4/c10-7(11)8(3-4-8)9(12)2-1-5-13-6-9/h12H,1-6H2,(H,10,11). The molecular weight excluding hydrogens is 172 g/mol. The molecule has 0 aromatic rings. The number of carboxylic acids is 1. The Morgan fingerprint density at radius 1 is 1.31 bits per heavy atom. The molecule has 13 heavy (non-hydrogen) atoms. The second-order valence-corrected chi connectivity index (χ2v) is 4.07. The summed E-state index contributed by atoms with van der Waals surface area (Å²) in [6.45, 7) is 0.817. The van der Waals surface area contributed by atoms with Gasteiger partial charge >= 0.3 is 5.97 Å². The number of hydrogen-bond donors (Lipinski definition) is 2. The summed E-state index contributed by atoms with van der Waals surface area (Å²) in [5, 5.41) is 19.1. The summed E-state index contributed by atoms with van der Waals surface area (Å²) in [5.41, 5.74) is -2.01. The monoisotopic (exact) mass is 186 g/mol. The Labute approximate surface area is 76.5 Å². The van der Waals surface area contributed by atoms with Crippen molar-refractivity contribution in [2.45, 2.75) is 31.3 Å². The lowest BCUT2D eigenvalue weighted by Gasteiger charge is -2.37. The summed E-state index contributed by atoms with van der Waals surface area (Å²) < 4.78 is 5.15. The minimum Gasteiger partial charge on any atom is -0.481 e. The lowest BCUT2D eigenvalue weighted by atomic mass is 9.80. The normalized spacial score (nSPS) is 37.0. The third-order valence-electron chi connectivity index (χ3n) is 3.27. The van der Waals surface area contributed by atoms with Crippen molar-refractivity contribution in [2.75, 3.05) is 13.2 Å². The summed E-state index contributed by atoms with van der Waals surface area (Å²) >= 11 is 0. The minimum atomic E-state index is -1.11. The van der Waals surface area contributed by atoms with Gasteiger partial charge in [-0.25, -0.2) is 0 Å². The van der Waals surface area contributed by atoms with Gasteiger partial charge in [-0.05, 0) is 25.7 Å². The molecule has 0 amide bonds. The molecule has 0 radical (unpaired) electrons. The van der Waals surface area contributed by atoms with Crippen LogP contribution < -0.4 is 0 Å². The van der Waals surface area contributed by atoms with Gasteiger partial charge in [-0.15, -0.1) is 0 Å². The van der Waals surface area contributed by atoms with Crippen LogP contribution >= 0.6 is 0 Å². The van der Waals surface area contributed by atoms with Gasteiger partial charge in [0.1, 0.15) is 5.60 Å². The zero-order valence-electron chi connectivity index (χ0n) is 7.45. The van der Waals surface area contributed by atoms with E-state index in [0.29, 0.717) is 25.9 Å². The average Bonchev–Trinajstić information content (AvgIpc) is 2.85. The Balaban J connectivity index is 2.17. The van der Waals surface area contributed by atoms with Crippen LogP contribution in [0.3, 0.4) is 0 Å². The van der Waals surface area contributed by atoms with E-state index in [-0.39, 0.29) is 6.61 Å². The quantitative estimate of drug-likeness (QED) is 0.654. The Bertz CT molecular complexity index is 226. The predicted molar refractivity (Wildman–Crippen MR) is 44.3 cm³/mol. The van der Waals surface area contributed by atoms with Gasteiger partial charge in [-0.1, -0.05) is 0 Å². The lowest BCUT2D eigenvalue weighted by Crippen LogP contribution is -2.50. The van der Waals surface area contributed by atoms with Crippen LogP contribution in [-0.2, 0) is 9.53 Å². The van der Waals surface area contributed by atoms with Gasteiger partial charge < -0.3 is 14.9 Å². The van der Waals surface area contributed by atoms with Gasteiger partial charge in [-0.2, -0.15) is 0 Å². The fourth-order valence-corrected chi connectivity index (χ4v) is 2.16. The van der Waals surface area contributed by atoms with Crippen LogP contribution in [0.2, 0.25) is 0 Å². The molecule has 4 heteroatoms. The van der Waals surface area contributed by atoms with Gasteiger partial charge in [0.15, 0.2) is 0 Å². The Hall–Kier alpha value is -0.610. The highest BCUT2D eigenvalue weighted by Gasteiger charge is 2.64. The van der Waals surface area contributed by atoms with Crippen molar-refractivity contribution in [1.82, 2.24) is 0 Å². The van der Waals surface area contributed by atoms with Crippen molar-refractivity contribution in [1.29, 1.82) is 0 Å². The molecule has 4 nitrogen and oxygen atoms in total. The number of aliphatic carboxylic acids is 1. The molecule has 1 aliphatic heterocycles. The van der Waals surface area contributed by atoms with Crippen molar-refractivity contribution >= 4 is 5.97 Å². The molecule has 2 fully saturated rings. The highest BCUT2D eigenvalue weighted by molar-refractivity contribution is 5.79. The zero-order valence-corrected chi connectivity index (χ0v) is 7.45. The first-order chi connectivity index (χ1) is 6.11. The van der Waals surface area contributed by atoms with Crippen LogP contribution in [0.1, 0.15) is 25.7 Å². The molecule has 2 rings (SSSR count). The number of carboxylic acid groups (broad SMARTS) is 1. The van der Waals surface area contributed by atoms with Crippen molar-refractivity contribution in [3.05, 3.63) is 0 Å². The van der Waals surface area contributed by atoms with Crippen LogP contribution in [0.4, 0.5) is 0 Å². The summed E-state index contributed by atoms with van der Waals surface area (Å²) in [6.07, 6.45) is 2.48. The van der Waals surface area contributed by atoms with Crippen LogP contribution in [0, 0.1) is 5.41 Å². The van der Waals surface area contributed by atoms with E-state index in [1.165, 1.54) is 0 Å². The lowest BCUT2D eigenvalue weighted by molar-refractivity contribution is -0.171. The SMILES string of the molecule is O=C(O)C1(C2(O)CCCOC2)CC1. The number of ether oxygens (including phenoxy) is 1. The van der Waals surface area contributed by atoms with E-state index in [1.807, 2.05) is 0 Å². The van der Waals surface area contributed by atoms with Gasteiger partial charge in [0.2, 0.25) is 0 Å². The Morgan fingerprint density at radius 2 is 2.00 bits per heavy atom. The summed E-state index contributed by atoms with van der Waals surface area (Å²) in [5.74, 6) is -0.875. The molecule has 0 spiro atoms. The van der Waals surface area contributed by atoms with Gasteiger partial charge in [-0.3, -0.25) is 4.79 Å². The van der Waals surface area contributed by atoms with Crippen LogP contribution in [-0.4, -0.2) is 35.0 Å². The maximum Gasteiger partial charge on any atom is 0.312 e. The summed E-state index contributed by atoms with van der Waals surface area (Å²) in [6, 6.07) is 0. The molecule has 1 unspecified atom stereocenters. The number of aliphatic hydroxyl groups is 1. The molecule has 0 bridgehead atoms. The number of carbonyl (C=O) groups is 1. The van der Waals surface area contributed by atoms with Crippen molar-refractivity contribution in [2.24, 2.45) is 5.41 Å². The molecule has 0 aromatic carbocycles. The van der Waals surface area contributed by atoms with Crippen LogP contribution in [0.15, 0.2) is 0 Å². The maximum atomic E-state index is 11.0. The highest BCUT2D eigenvalue weighted by atomic mass is 16.5. The van der Waals surface area contributed by atoms with Gasteiger partial charge in [0.05, 0.1) is 12.0 Å². The fourth-order valence-electron chi connectivity index (χ4n) is 2.16. The van der Waals surface area contributed by atoms with Crippen LogP contribution in [0.25, 0.3) is 0 Å². The van der Waals surface area contributed by atoms with E-state index in [0.717, 1.165) is 6.42 Å². The molecule has 1 heterocycles. The van der Waals surface area contributed by atoms with E-state index in [2.05, 4.69) is 0 Å².